The van der Waals surface area contributed by atoms with Crippen molar-refractivity contribution in [1.29, 1.82) is 0 Å². The standard InChI is InChI=1S/C19H23NO/c1-21-18-12-8-11-17(15-18)19(16-9-4-2-5-10-16)20-13-6-3-7-14-20/h2,4-5,8-12,15,19H,3,6-7,13-14H2,1H3. The molecule has 1 unspecified atom stereocenters. The van der Waals surface area contributed by atoms with Crippen molar-refractivity contribution in [3.63, 3.8) is 0 Å². The Morgan fingerprint density at radius 3 is 2.29 bits per heavy atom. The highest BCUT2D eigenvalue weighted by atomic mass is 16.5. The molecule has 2 heteroatoms. The second-order valence-corrected chi connectivity index (χ2v) is 5.69. The lowest BCUT2D eigenvalue weighted by atomic mass is 9.95. The van der Waals surface area contributed by atoms with Gasteiger partial charge in [-0.1, -0.05) is 48.9 Å². The molecular weight excluding hydrogens is 258 g/mol. The van der Waals surface area contributed by atoms with Crippen LogP contribution in [0.3, 0.4) is 0 Å². The molecule has 0 saturated carbocycles. The molecule has 2 aromatic carbocycles. The molecule has 1 heterocycles. The zero-order valence-electron chi connectivity index (χ0n) is 12.7. The molecule has 0 spiro atoms. The van der Waals surface area contributed by atoms with E-state index in [9.17, 15) is 0 Å². The third-order valence-electron chi connectivity index (χ3n) is 4.28. The Balaban J connectivity index is 1.98. The lowest BCUT2D eigenvalue weighted by Gasteiger charge is -2.35. The summed E-state index contributed by atoms with van der Waals surface area (Å²) in [6.45, 7) is 2.35. The van der Waals surface area contributed by atoms with Gasteiger partial charge in [0.05, 0.1) is 13.2 Å². The highest BCUT2D eigenvalue weighted by Gasteiger charge is 2.23. The number of nitrogens with zero attached hydrogens (tertiary/aromatic N) is 1. The molecule has 0 aromatic heterocycles. The van der Waals surface area contributed by atoms with Crippen molar-refractivity contribution in [3.05, 3.63) is 65.7 Å². The van der Waals surface area contributed by atoms with Gasteiger partial charge in [0.25, 0.3) is 0 Å². The third kappa shape index (κ3) is 3.27. The van der Waals surface area contributed by atoms with Gasteiger partial charge >= 0.3 is 0 Å². The van der Waals surface area contributed by atoms with Crippen LogP contribution in [0.25, 0.3) is 0 Å². The van der Waals surface area contributed by atoms with Crippen molar-refractivity contribution < 1.29 is 4.74 Å². The van der Waals surface area contributed by atoms with Crippen molar-refractivity contribution in [1.82, 2.24) is 4.90 Å². The summed E-state index contributed by atoms with van der Waals surface area (Å²) in [6.07, 6.45) is 3.96. The number of piperidine rings is 1. The first-order valence-corrected chi connectivity index (χ1v) is 7.81. The van der Waals surface area contributed by atoms with Crippen LogP contribution in [0, 0.1) is 0 Å². The first-order valence-electron chi connectivity index (χ1n) is 7.81. The van der Waals surface area contributed by atoms with E-state index in [0.717, 1.165) is 5.75 Å². The Hall–Kier alpha value is -1.80. The van der Waals surface area contributed by atoms with Gasteiger partial charge < -0.3 is 4.74 Å². The van der Waals surface area contributed by atoms with E-state index in [1.807, 2.05) is 6.07 Å². The van der Waals surface area contributed by atoms with Gasteiger partial charge in [0.1, 0.15) is 5.75 Å². The minimum atomic E-state index is 0.335. The number of hydrogen-bond acceptors (Lipinski definition) is 2. The van der Waals surface area contributed by atoms with E-state index in [-0.39, 0.29) is 0 Å². The van der Waals surface area contributed by atoms with Crippen LogP contribution in [0.5, 0.6) is 5.75 Å². The van der Waals surface area contributed by atoms with Crippen LogP contribution >= 0.6 is 0 Å². The van der Waals surface area contributed by atoms with Crippen molar-refractivity contribution in [2.75, 3.05) is 20.2 Å². The van der Waals surface area contributed by atoms with Crippen LogP contribution in [0.2, 0.25) is 0 Å². The molecule has 0 amide bonds. The number of rotatable bonds is 4. The average Bonchev–Trinajstić information content (AvgIpc) is 2.57. The van der Waals surface area contributed by atoms with E-state index in [2.05, 4.69) is 53.4 Å². The molecule has 3 rings (SSSR count). The van der Waals surface area contributed by atoms with Crippen molar-refractivity contribution >= 4 is 0 Å². The summed E-state index contributed by atoms with van der Waals surface area (Å²) >= 11 is 0. The van der Waals surface area contributed by atoms with Gasteiger partial charge in [-0.15, -0.1) is 0 Å². The summed E-state index contributed by atoms with van der Waals surface area (Å²) in [5.41, 5.74) is 2.69. The average molecular weight is 281 g/mol. The Bertz CT molecular complexity index is 561. The molecule has 0 N–H and O–H groups in total. The second kappa shape index (κ2) is 6.77. The molecule has 1 aliphatic heterocycles. The maximum Gasteiger partial charge on any atom is 0.119 e. The highest BCUT2D eigenvalue weighted by Crippen LogP contribution is 2.32. The van der Waals surface area contributed by atoms with Gasteiger partial charge in [0.15, 0.2) is 0 Å². The van der Waals surface area contributed by atoms with Crippen LogP contribution in [0.4, 0.5) is 0 Å². The van der Waals surface area contributed by atoms with Gasteiger partial charge in [0, 0.05) is 0 Å². The minimum absolute atomic E-state index is 0.335. The van der Waals surface area contributed by atoms with Gasteiger partial charge in [-0.05, 0) is 49.2 Å². The summed E-state index contributed by atoms with van der Waals surface area (Å²) in [5, 5.41) is 0. The van der Waals surface area contributed by atoms with E-state index in [1.54, 1.807) is 7.11 Å². The Morgan fingerprint density at radius 2 is 1.57 bits per heavy atom. The monoisotopic (exact) mass is 281 g/mol. The number of hydrogen-bond donors (Lipinski definition) is 0. The largest absolute Gasteiger partial charge is 0.497 e. The minimum Gasteiger partial charge on any atom is -0.497 e. The van der Waals surface area contributed by atoms with E-state index in [0.29, 0.717) is 6.04 Å². The lowest BCUT2D eigenvalue weighted by Crippen LogP contribution is -2.34. The quantitative estimate of drug-likeness (QED) is 0.830. The summed E-state index contributed by atoms with van der Waals surface area (Å²) in [5.74, 6) is 0.936. The molecule has 1 atom stereocenters. The molecule has 0 bridgehead atoms. The second-order valence-electron chi connectivity index (χ2n) is 5.69. The van der Waals surface area contributed by atoms with Crippen LogP contribution in [-0.4, -0.2) is 25.1 Å². The smallest absolute Gasteiger partial charge is 0.119 e. The molecule has 21 heavy (non-hydrogen) atoms. The molecule has 0 radical (unpaired) electrons. The maximum atomic E-state index is 5.41. The summed E-state index contributed by atoms with van der Waals surface area (Å²) in [7, 11) is 1.73. The Kier molecular flexibility index (Phi) is 4.56. The van der Waals surface area contributed by atoms with Crippen molar-refractivity contribution in [2.45, 2.75) is 25.3 Å². The van der Waals surface area contributed by atoms with E-state index >= 15 is 0 Å². The number of likely N-dealkylation sites (tertiary alicyclic amines) is 1. The zero-order valence-corrected chi connectivity index (χ0v) is 12.7. The predicted octanol–water partition coefficient (Wildman–Crippen LogP) is 4.27. The highest BCUT2D eigenvalue weighted by molar-refractivity contribution is 5.36. The fourth-order valence-electron chi connectivity index (χ4n) is 3.24. The normalized spacial score (nSPS) is 17.4. The third-order valence-corrected chi connectivity index (χ3v) is 4.28. The Labute approximate surface area is 127 Å². The molecule has 110 valence electrons. The fraction of sp³-hybridized carbons (Fsp3) is 0.368. The number of methoxy groups -OCH3 is 1. The van der Waals surface area contributed by atoms with Crippen LogP contribution in [0.15, 0.2) is 54.6 Å². The molecule has 1 fully saturated rings. The van der Waals surface area contributed by atoms with Crippen molar-refractivity contribution in [2.24, 2.45) is 0 Å². The molecule has 1 saturated heterocycles. The first-order chi connectivity index (χ1) is 10.4. The number of ether oxygens (including phenoxy) is 1. The van der Waals surface area contributed by atoms with Crippen LogP contribution < -0.4 is 4.74 Å². The van der Waals surface area contributed by atoms with Gasteiger partial charge in [-0.2, -0.15) is 0 Å². The van der Waals surface area contributed by atoms with Gasteiger partial charge in [-0.25, -0.2) is 0 Å². The van der Waals surface area contributed by atoms with Gasteiger partial charge in [0.2, 0.25) is 0 Å². The number of benzene rings is 2. The van der Waals surface area contributed by atoms with Crippen LogP contribution in [-0.2, 0) is 0 Å². The topological polar surface area (TPSA) is 12.5 Å². The summed E-state index contributed by atoms with van der Waals surface area (Å²) in [4.78, 5) is 2.60. The lowest BCUT2D eigenvalue weighted by molar-refractivity contribution is 0.187. The van der Waals surface area contributed by atoms with Crippen LogP contribution in [0.1, 0.15) is 36.4 Å². The maximum absolute atomic E-state index is 5.41. The molecule has 1 aliphatic rings. The molecule has 2 aromatic rings. The fourth-order valence-corrected chi connectivity index (χ4v) is 3.24. The van der Waals surface area contributed by atoms with Crippen molar-refractivity contribution in [3.8, 4) is 5.75 Å². The van der Waals surface area contributed by atoms with E-state index in [1.165, 1.54) is 43.5 Å². The predicted molar refractivity (Wildman–Crippen MR) is 86.7 cm³/mol. The van der Waals surface area contributed by atoms with E-state index in [4.69, 9.17) is 4.74 Å². The molecule has 2 nitrogen and oxygen atoms in total. The van der Waals surface area contributed by atoms with Gasteiger partial charge in [-0.3, -0.25) is 4.90 Å². The first kappa shape index (κ1) is 14.2. The molecular formula is C19H23NO. The summed E-state index contributed by atoms with van der Waals surface area (Å²) < 4.78 is 5.41. The SMILES string of the molecule is COc1cccc(C(c2ccccc2)N2CCCCC2)c1. The Morgan fingerprint density at radius 1 is 0.857 bits per heavy atom. The zero-order chi connectivity index (χ0) is 14.5. The van der Waals surface area contributed by atoms with E-state index < -0.39 is 0 Å². The summed E-state index contributed by atoms with van der Waals surface area (Å²) in [6, 6.07) is 19.6. The molecule has 0 aliphatic carbocycles.